The highest BCUT2D eigenvalue weighted by atomic mass is 16.2. The number of nitrogens with one attached hydrogen (secondary N) is 1. The van der Waals surface area contributed by atoms with Crippen molar-refractivity contribution in [3.8, 4) is 0 Å². The second kappa shape index (κ2) is 4.85. The van der Waals surface area contributed by atoms with E-state index in [0.717, 1.165) is 25.7 Å². The van der Waals surface area contributed by atoms with Crippen LogP contribution in [0.1, 0.15) is 66.7 Å². The van der Waals surface area contributed by atoms with E-state index in [1.54, 1.807) is 0 Å². The summed E-state index contributed by atoms with van der Waals surface area (Å²) in [6.45, 7) is 11.1. The molecule has 0 spiro atoms. The number of hydrogen-bond acceptors (Lipinski definition) is 2. The summed E-state index contributed by atoms with van der Waals surface area (Å²) < 4.78 is 0. The molecule has 2 saturated carbocycles. The molecule has 2 rings (SSSR count). The van der Waals surface area contributed by atoms with E-state index in [1.807, 2.05) is 20.8 Å². The van der Waals surface area contributed by atoms with Crippen LogP contribution in [-0.2, 0) is 9.59 Å². The molecule has 1 amide bonds. The molecule has 114 valence electrons. The Morgan fingerprint density at radius 1 is 1.40 bits per heavy atom. The van der Waals surface area contributed by atoms with Crippen molar-refractivity contribution in [2.24, 2.45) is 22.2 Å². The fourth-order valence-corrected chi connectivity index (χ4v) is 4.15. The molecule has 2 aliphatic rings. The Labute approximate surface area is 122 Å². The normalized spacial score (nSPS) is 31.6. The zero-order valence-corrected chi connectivity index (χ0v) is 13.6. The molecule has 2 aliphatic carbocycles. The Morgan fingerprint density at radius 2 is 2.05 bits per heavy atom. The number of Topliss-reactive ketones (excluding diaryl/α,β-unsaturated/α-hetero) is 1. The van der Waals surface area contributed by atoms with Crippen molar-refractivity contribution in [2.75, 3.05) is 6.54 Å². The molecule has 3 heteroatoms. The Hall–Kier alpha value is -0.860. The standard InChI is InChI=1S/C17H29NO2/c1-6-15(2,3)14(20)18-10-9-17-8-7-12(11-13(17)19)16(17,4)5/h12H,6-11H2,1-5H3,(H,18,20). The van der Waals surface area contributed by atoms with Gasteiger partial charge in [-0.05, 0) is 37.0 Å². The lowest BCUT2D eigenvalue weighted by Crippen LogP contribution is -2.42. The monoisotopic (exact) mass is 279 g/mol. The topological polar surface area (TPSA) is 46.2 Å². The quantitative estimate of drug-likeness (QED) is 0.839. The molecule has 2 bridgehead atoms. The van der Waals surface area contributed by atoms with Gasteiger partial charge in [0.2, 0.25) is 5.91 Å². The van der Waals surface area contributed by atoms with Crippen LogP contribution >= 0.6 is 0 Å². The van der Waals surface area contributed by atoms with Crippen LogP contribution in [0.2, 0.25) is 0 Å². The van der Waals surface area contributed by atoms with Gasteiger partial charge in [0.15, 0.2) is 0 Å². The van der Waals surface area contributed by atoms with Gasteiger partial charge in [0.05, 0.1) is 0 Å². The van der Waals surface area contributed by atoms with Crippen molar-refractivity contribution in [3.63, 3.8) is 0 Å². The van der Waals surface area contributed by atoms with Gasteiger partial charge in [0.25, 0.3) is 0 Å². The third-order valence-electron chi connectivity index (χ3n) is 6.48. The Balaban J connectivity index is 1.98. The maximum Gasteiger partial charge on any atom is 0.225 e. The molecule has 0 aromatic carbocycles. The van der Waals surface area contributed by atoms with Crippen LogP contribution in [0.15, 0.2) is 0 Å². The summed E-state index contributed by atoms with van der Waals surface area (Å²) in [6.07, 6.45) is 4.57. The average Bonchev–Trinajstić information content (AvgIpc) is 2.72. The van der Waals surface area contributed by atoms with Crippen molar-refractivity contribution in [2.45, 2.75) is 66.7 Å². The van der Waals surface area contributed by atoms with Gasteiger partial charge in [0, 0.05) is 23.8 Å². The van der Waals surface area contributed by atoms with E-state index in [-0.39, 0.29) is 22.2 Å². The summed E-state index contributed by atoms with van der Waals surface area (Å²) in [5.74, 6) is 1.09. The number of carbonyl (C=O) groups excluding carboxylic acids is 2. The summed E-state index contributed by atoms with van der Waals surface area (Å²) >= 11 is 0. The first-order chi connectivity index (χ1) is 9.17. The van der Waals surface area contributed by atoms with Crippen LogP contribution in [0.4, 0.5) is 0 Å². The fourth-order valence-electron chi connectivity index (χ4n) is 4.15. The molecule has 2 atom stereocenters. The number of hydrogen-bond donors (Lipinski definition) is 1. The Kier molecular flexibility index (Phi) is 3.77. The fraction of sp³-hybridized carbons (Fsp3) is 0.882. The molecule has 0 heterocycles. The van der Waals surface area contributed by atoms with E-state index in [4.69, 9.17) is 0 Å². The molecule has 2 fully saturated rings. The minimum absolute atomic E-state index is 0.106. The van der Waals surface area contributed by atoms with E-state index in [2.05, 4.69) is 19.2 Å². The largest absolute Gasteiger partial charge is 0.356 e. The summed E-state index contributed by atoms with van der Waals surface area (Å²) in [4.78, 5) is 24.5. The number of rotatable bonds is 5. The second-order valence-corrected chi connectivity index (χ2v) is 7.91. The van der Waals surface area contributed by atoms with Crippen LogP contribution in [-0.4, -0.2) is 18.2 Å². The van der Waals surface area contributed by atoms with Gasteiger partial charge in [-0.25, -0.2) is 0 Å². The number of amides is 1. The van der Waals surface area contributed by atoms with Crippen molar-refractivity contribution in [1.29, 1.82) is 0 Å². The third-order valence-corrected chi connectivity index (χ3v) is 6.48. The summed E-state index contributed by atoms with van der Waals surface area (Å²) in [5, 5.41) is 3.05. The predicted octanol–water partition coefficient (Wildman–Crippen LogP) is 3.32. The molecule has 0 aromatic rings. The minimum Gasteiger partial charge on any atom is -0.356 e. The molecular formula is C17H29NO2. The zero-order chi connectivity index (χ0) is 15.2. The van der Waals surface area contributed by atoms with Crippen LogP contribution in [0, 0.1) is 22.2 Å². The molecule has 1 N–H and O–H groups in total. The predicted molar refractivity (Wildman–Crippen MR) is 80.3 cm³/mol. The van der Waals surface area contributed by atoms with E-state index >= 15 is 0 Å². The highest BCUT2D eigenvalue weighted by Crippen LogP contribution is 2.65. The lowest BCUT2D eigenvalue weighted by atomic mass is 9.67. The zero-order valence-electron chi connectivity index (χ0n) is 13.6. The lowest BCUT2D eigenvalue weighted by molar-refractivity contribution is -0.132. The maximum absolute atomic E-state index is 12.4. The van der Waals surface area contributed by atoms with E-state index in [9.17, 15) is 9.59 Å². The van der Waals surface area contributed by atoms with E-state index < -0.39 is 0 Å². The Bertz CT molecular complexity index is 425. The first kappa shape index (κ1) is 15.5. The molecule has 0 radical (unpaired) electrons. The van der Waals surface area contributed by atoms with Crippen molar-refractivity contribution in [3.05, 3.63) is 0 Å². The van der Waals surface area contributed by atoms with Crippen LogP contribution in [0.25, 0.3) is 0 Å². The number of fused-ring (bicyclic) bond motifs is 2. The molecule has 0 saturated heterocycles. The Morgan fingerprint density at radius 3 is 2.50 bits per heavy atom. The van der Waals surface area contributed by atoms with Crippen LogP contribution < -0.4 is 5.32 Å². The van der Waals surface area contributed by atoms with Crippen LogP contribution in [0.3, 0.4) is 0 Å². The van der Waals surface area contributed by atoms with Gasteiger partial charge in [-0.1, -0.05) is 34.6 Å². The SMILES string of the molecule is CCC(C)(C)C(=O)NCCC12CCC(CC1=O)C2(C)C. The summed E-state index contributed by atoms with van der Waals surface area (Å²) in [6, 6.07) is 0. The van der Waals surface area contributed by atoms with Gasteiger partial charge < -0.3 is 5.32 Å². The van der Waals surface area contributed by atoms with Crippen molar-refractivity contribution < 1.29 is 9.59 Å². The smallest absolute Gasteiger partial charge is 0.225 e. The average molecular weight is 279 g/mol. The van der Waals surface area contributed by atoms with Crippen molar-refractivity contribution >= 4 is 11.7 Å². The van der Waals surface area contributed by atoms with Gasteiger partial charge in [-0.15, -0.1) is 0 Å². The van der Waals surface area contributed by atoms with Gasteiger partial charge >= 0.3 is 0 Å². The third kappa shape index (κ3) is 2.10. The molecule has 3 nitrogen and oxygen atoms in total. The molecule has 0 aromatic heterocycles. The van der Waals surface area contributed by atoms with Crippen molar-refractivity contribution in [1.82, 2.24) is 5.32 Å². The first-order valence-electron chi connectivity index (χ1n) is 7.99. The van der Waals surface area contributed by atoms with Gasteiger partial charge in [-0.2, -0.15) is 0 Å². The summed E-state index contributed by atoms with van der Waals surface area (Å²) in [5.41, 5.74) is -0.387. The molecule has 20 heavy (non-hydrogen) atoms. The number of carbonyl (C=O) groups is 2. The van der Waals surface area contributed by atoms with Gasteiger partial charge in [0.1, 0.15) is 5.78 Å². The van der Waals surface area contributed by atoms with E-state index in [1.165, 1.54) is 6.42 Å². The second-order valence-electron chi connectivity index (χ2n) is 7.91. The van der Waals surface area contributed by atoms with Gasteiger partial charge in [-0.3, -0.25) is 9.59 Å². The van der Waals surface area contributed by atoms with E-state index in [0.29, 0.717) is 18.2 Å². The van der Waals surface area contributed by atoms with Crippen LogP contribution in [0.5, 0.6) is 0 Å². The summed E-state index contributed by atoms with van der Waals surface area (Å²) in [7, 11) is 0. The lowest BCUT2D eigenvalue weighted by Gasteiger charge is -2.37. The molecule has 0 aliphatic heterocycles. The minimum atomic E-state index is -0.314. The maximum atomic E-state index is 12.4. The molecular weight excluding hydrogens is 250 g/mol. The molecule has 2 unspecified atom stereocenters. The first-order valence-corrected chi connectivity index (χ1v) is 7.99. The highest BCUT2D eigenvalue weighted by Gasteiger charge is 2.63. The number of ketones is 1. The highest BCUT2D eigenvalue weighted by molar-refractivity contribution is 5.89.